The lowest BCUT2D eigenvalue weighted by molar-refractivity contribution is 0.133. The highest BCUT2D eigenvalue weighted by molar-refractivity contribution is 6.18. The molecule has 0 amide bonds. The van der Waals surface area contributed by atoms with Crippen molar-refractivity contribution in [1.82, 2.24) is 0 Å². The van der Waals surface area contributed by atoms with Gasteiger partial charge in [0.1, 0.15) is 0 Å². The van der Waals surface area contributed by atoms with Crippen LogP contribution in [0.3, 0.4) is 0 Å². The lowest BCUT2D eigenvalue weighted by Gasteiger charge is -2.38. The molecule has 0 saturated heterocycles. The van der Waals surface area contributed by atoms with E-state index in [1.54, 1.807) is 0 Å². The van der Waals surface area contributed by atoms with Crippen molar-refractivity contribution in [2.45, 2.75) is 52.9 Å². The quantitative estimate of drug-likeness (QED) is 0.593. The Balaban J connectivity index is 2.40. The van der Waals surface area contributed by atoms with Crippen molar-refractivity contribution in [3.63, 3.8) is 0 Å². The molecular formula is C12H23Cl. The van der Waals surface area contributed by atoms with Crippen LogP contribution in [0.15, 0.2) is 0 Å². The second kappa shape index (κ2) is 4.68. The third-order valence-electron chi connectivity index (χ3n) is 4.08. The summed E-state index contributed by atoms with van der Waals surface area (Å²) in [6.45, 7) is 7.14. The summed E-state index contributed by atoms with van der Waals surface area (Å²) in [5.74, 6) is 2.63. The van der Waals surface area contributed by atoms with Crippen LogP contribution in [0.25, 0.3) is 0 Å². The first-order valence-electron chi connectivity index (χ1n) is 5.66. The second-order valence-corrected chi connectivity index (χ2v) is 5.52. The summed E-state index contributed by atoms with van der Waals surface area (Å²) < 4.78 is 0. The molecular weight excluding hydrogens is 180 g/mol. The fourth-order valence-corrected chi connectivity index (χ4v) is 2.70. The highest BCUT2D eigenvalue weighted by atomic mass is 35.5. The van der Waals surface area contributed by atoms with Gasteiger partial charge in [-0.15, -0.1) is 11.6 Å². The molecule has 1 fully saturated rings. The highest BCUT2D eigenvalue weighted by Crippen LogP contribution is 2.42. The van der Waals surface area contributed by atoms with E-state index in [0.717, 1.165) is 17.7 Å². The summed E-state index contributed by atoms with van der Waals surface area (Å²) in [6, 6.07) is 0. The Morgan fingerprint density at radius 1 is 1.15 bits per heavy atom. The van der Waals surface area contributed by atoms with Gasteiger partial charge in [-0.2, -0.15) is 0 Å². The summed E-state index contributed by atoms with van der Waals surface area (Å²) in [7, 11) is 0. The van der Waals surface area contributed by atoms with Gasteiger partial charge in [0.05, 0.1) is 0 Å². The van der Waals surface area contributed by atoms with E-state index in [1.165, 1.54) is 32.1 Å². The maximum atomic E-state index is 5.88. The first kappa shape index (κ1) is 11.4. The van der Waals surface area contributed by atoms with Crippen LogP contribution in [-0.4, -0.2) is 5.88 Å². The summed E-state index contributed by atoms with van der Waals surface area (Å²) in [5.41, 5.74) is 0.553. The molecule has 78 valence electrons. The maximum absolute atomic E-state index is 5.88. The van der Waals surface area contributed by atoms with Gasteiger partial charge >= 0.3 is 0 Å². The third kappa shape index (κ3) is 2.87. The number of hydrogen-bond donors (Lipinski definition) is 0. The minimum atomic E-state index is 0.553. The Kier molecular flexibility index (Phi) is 4.09. The Labute approximate surface area is 88.1 Å². The number of rotatable bonds is 3. The van der Waals surface area contributed by atoms with Crippen molar-refractivity contribution in [3.8, 4) is 0 Å². The van der Waals surface area contributed by atoms with Crippen LogP contribution in [0.1, 0.15) is 52.9 Å². The van der Waals surface area contributed by atoms with Crippen molar-refractivity contribution in [2.24, 2.45) is 17.3 Å². The van der Waals surface area contributed by atoms with E-state index in [1.807, 2.05) is 0 Å². The minimum absolute atomic E-state index is 0.553. The van der Waals surface area contributed by atoms with E-state index in [9.17, 15) is 0 Å². The molecule has 1 rings (SSSR count). The van der Waals surface area contributed by atoms with Gasteiger partial charge in [0.15, 0.2) is 0 Å². The molecule has 1 aliphatic rings. The zero-order valence-corrected chi connectivity index (χ0v) is 10.0. The van der Waals surface area contributed by atoms with Crippen molar-refractivity contribution in [1.29, 1.82) is 0 Å². The second-order valence-electron chi connectivity index (χ2n) is 5.21. The topological polar surface area (TPSA) is 0 Å². The highest BCUT2D eigenvalue weighted by Gasteiger charge is 2.31. The number of alkyl halides is 1. The van der Waals surface area contributed by atoms with Gasteiger partial charge in [0.2, 0.25) is 0 Å². The predicted octanol–water partition coefficient (Wildman–Crippen LogP) is 4.47. The summed E-state index contributed by atoms with van der Waals surface area (Å²) in [5, 5.41) is 0. The van der Waals surface area contributed by atoms with Gasteiger partial charge in [0.25, 0.3) is 0 Å². The molecule has 0 aromatic rings. The zero-order chi connectivity index (χ0) is 9.90. The first-order valence-corrected chi connectivity index (χ1v) is 6.19. The van der Waals surface area contributed by atoms with Gasteiger partial charge in [-0.05, 0) is 42.9 Å². The van der Waals surface area contributed by atoms with E-state index in [2.05, 4.69) is 20.8 Å². The summed E-state index contributed by atoms with van der Waals surface area (Å²) >= 11 is 5.88. The normalized spacial score (nSPS) is 30.5. The van der Waals surface area contributed by atoms with E-state index in [-0.39, 0.29) is 0 Å². The molecule has 0 N–H and O–H groups in total. The van der Waals surface area contributed by atoms with Crippen LogP contribution >= 0.6 is 11.6 Å². The van der Waals surface area contributed by atoms with Crippen LogP contribution in [0.5, 0.6) is 0 Å². The van der Waals surface area contributed by atoms with E-state index in [4.69, 9.17) is 11.6 Å². The maximum Gasteiger partial charge on any atom is 0.0251 e. The predicted molar refractivity (Wildman–Crippen MR) is 60.2 cm³/mol. The van der Waals surface area contributed by atoms with Crippen LogP contribution in [-0.2, 0) is 0 Å². The molecule has 0 nitrogen and oxygen atoms in total. The molecule has 0 aromatic carbocycles. The molecule has 0 aliphatic heterocycles. The van der Waals surface area contributed by atoms with Gasteiger partial charge in [-0.3, -0.25) is 0 Å². The molecule has 1 heteroatoms. The van der Waals surface area contributed by atoms with Crippen LogP contribution in [0.4, 0.5) is 0 Å². The molecule has 13 heavy (non-hydrogen) atoms. The Morgan fingerprint density at radius 3 is 2.08 bits per heavy atom. The van der Waals surface area contributed by atoms with Crippen molar-refractivity contribution in [3.05, 3.63) is 0 Å². The summed E-state index contributed by atoms with van der Waals surface area (Å²) in [6.07, 6.45) is 6.83. The average molecular weight is 203 g/mol. The van der Waals surface area contributed by atoms with Crippen molar-refractivity contribution >= 4 is 11.6 Å². The zero-order valence-electron chi connectivity index (χ0n) is 9.28. The summed E-state index contributed by atoms with van der Waals surface area (Å²) in [4.78, 5) is 0. The van der Waals surface area contributed by atoms with Gasteiger partial charge in [0, 0.05) is 5.88 Å². The smallest absolute Gasteiger partial charge is 0.0251 e. The van der Waals surface area contributed by atoms with Gasteiger partial charge in [-0.1, -0.05) is 27.2 Å². The van der Waals surface area contributed by atoms with E-state index < -0.39 is 0 Å². The van der Waals surface area contributed by atoms with Crippen LogP contribution in [0.2, 0.25) is 0 Å². The van der Waals surface area contributed by atoms with Gasteiger partial charge < -0.3 is 0 Å². The fourth-order valence-electron chi connectivity index (χ4n) is 2.39. The molecule has 1 saturated carbocycles. The fraction of sp³-hybridized carbons (Fsp3) is 1.00. The number of hydrogen-bond acceptors (Lipinski definition) is 0. The largest absolute Gasteiger partial charge is 0.126 e. The van der Waals surface area contributed by atoms with Crippen LogP contribution in [0, 0.1) is 17.3 Å². The first-order chi connectivity index (χ1) is 6.10. The molecule has 0 atom stereocenters. The van der Waals surface area contributed by atoms with E-state index >= 15 is 0 Å². The molecule has 0 unspecified atom stereocenters. The molecule has 1 aliphatic carbocycles. The Bertz CT molecular complexity index is 143. The monoisotopic (exact) mass is 202 g/mol. The Hall–Kier alpha value is 0.290. The SMILES string of the molecule is CCC(C)(C)C1CCC(CCl)CC1. The van der Waals surface area contributed by atoms with Crippen molar-refractivity contribution < 1.29 is 0 Å². The minimum Gasteiger partial charge on any atom is -0.126 e. The standard InChI is InChI=1S/C12H23Cl/c1-4-12(2,3)11-7-5-10(9-13)6-8-11/h10-11H,4-9H2,1-3H3. The molecule has 0 bridgehead atoms. The molecule has 0 heterocycles. The lowest BCUT2D eigenvalue weighted by Crippen LogP contribution is -2.28. The molecule has 0 aromatic heterocycles. The van der Waals surface area contributed by atoms with Gasteiger partial charge in [-0.25, -0.2) is 0 Å². The Morgan fingerprint density at radius 2 is 1.69 bits per heavy atom. The third-order valence-corrected chi connectivity index (χ3v) is 4.52. The average Bonchev–Trinajstić information content (AvgIpc) is 2.18. The number of halogens is 1. The van der Waals surface area contributed by atoms with E-state index in [0.29, 0.717) is 5.41 Å². The lowest BCUT2D eigenvalue weighted by atomic mass is 9.68. The molecule has 0 spiro atoms. The molecule has 0 radical (unpaired) electrons. The van der Waals surface area contributed by atoms with Crippen molar-refractivity contribution in [2.75, 3.05) is 5.88 Å². The van der Waals surface area contributed by atoms with Crippen LogP contribution < -0.4 is 0 Å².